The van der Waals surface area contributed by atoms with E-state index in [1.54, 1.807) is 14.1 Å². The Hall–Kier alpha value is -2.62. The smallest absolute Gasteiger partial charge is 0.241 e. The van der Waals surface area contributed by atoms with E-state index in [0.717, 1.165) is 6.07 Å². The van der Waals surface area contributed by atoms with Crippen LogP contribution in [0.25, 0.3) is 0 Å². The van der Waals surface area contributed by atoms with Crippen LogP contribution in [0.3, 0.4) is 0 Å². The Morgan fingerprint density at radius 3 is 2.08 bits per heavy atom. The van der Waals surface area contributed by atoms with Gasteiger partial charge in [-0.05, 0) is 19.2 Å². The molecule has 26 heavy (non-hydrogen) atoms. The first-order chi connectivity index (χ1) is 12.0. The molecule has 0 aliphatic rings. The summed E-state index contributed by atoms with van der Waals surface area (Å²) in [7, 11) is 6.05. The van der Waals surface area contributed by atoms with Crippen LogP contribution in [0.2, 0.25) is 0 Å². The third-order valence-corrected chi connectivity index (χ3v) is 3.42. The molecule has 0 aliphatic heterocycles. The number of hydrogen-bond acceptors (Lipinski definition) is 4. The molecule has 0 atom stereocenters. The molecule has 1 rings (SSSR count). The van der Waals surface area contributed by atoms with Crippen molar-refractivity contribution < 1.29 is 27.6 Å². The Morgan fingerprint density at radius 1 is 0.885 bits per heavy atom. The molecule has 0 radical (unpaired) electrons. The van der Waals surface area contributed by atoms with Gasteiger partial charge in [-0.15, -0.1) is 0 Å². The van der Waals surface area contributed by atoms with E-state index in [9.17, 15) is 27.6 Å². The molecule has 0 aliphatic carbocycles. The van der Waals surface area contributed by atoms with Crippen LogP contribution in [-0.4, -0.2) is 80.2 Å². The van der Waals surface area contributed by atoms with Crippen LogP contribution >= 0.6 is 0 Å². The van der Waals surface area contributed by atoms with Gasteiger partial charge in [0.05, 0.1) is 25.3 Å². The average molecular weight is 374 g/mol. The number of nitrogens with one attached hydrogen (secondary N) is 1. The van der Waals surface area contributed by atoms with Gasteiger partial charge < -0.3 is 15.1 Å². The summed E-state index contributed by atoms with van der Waals surface area (Å²) < 4.78 is 39.5. The number of rotatable bonds is 7. The number of amides is 3. The quantitative estimate of drug-likeness (QED) is 0.707. The number of likely N-dealkylation sites (N-methyl/N-ethyl adjacent to an activating group) is 3. The SMILES string of the molecule is CN(CC(=O)Nc1ccc(F)c(F)c1F)CC(=O)N(C)CC(=O)N(C)C. The van der Waals surface area contributed by atoms with Crippen molar-refractivity contribution in [2.45, 2.75) is 0 Å². The van der Waals surface area contributed by atoms with E-state index in [4.69, 9.17) is 0 Å². The first-order valence-electron chi connectivity index (χ1n) is 7.59. The van der Waals surface area contributed by atoms with Gasteiger partial charge in [0.15, 0.2) is 17.5 Å². The molecule has 0 saturated heterocycles. The second-order valence-electron chi connectivity index (χ2n) is 5.98. The summed E-state index contributed by atoms with van der Waals surface area (Å²) in [5, 5.41) is 2.11. The molecule has 1 N–H and O–H groups in total. The number of carbonyl (C=O) groups is 3. The number of carbonyl (C=O) groups excluding carboxylic acids is 3. The average Bonchev–Trinajstić information content (AvgIpc) is 2.54. The van der Waals surface area contributed by atoms with Gasteiger partial charge >= 0.3 is 0 Å². The minimum Gasteiger partial charge on any atom is -0.347 e. The van der Waals surface area contributed by atoms with E-state index in [2.05, 4.69) is 5.32 Å². The van der Waals surface area contributed by atoms with Gasteiger partial charge in [-0.3, -0.25) is 19.3 Å². The molecular formula is C16H21F3N4O3. The normalized spacial score (nSPS) is 10.6. The van der Waals surface area contributed by atoms with E-state index >= 15 is 0 Å². The van der Waals surface area contributed by atoms with Gasteiger partial charge in [0.2, 0.25) is 17.7 Å². The zero-order valence-electron chi connectivity index (χ0n) is 15.0. The van der Waals surface area contributed by atoms with Gasteiger partial charge in [0.25, 0.3) is 0 Å². The molecule has 3 amide bonds. The van der Waals surface area contributed by atoms with Crippen molar-refractivity contribution in [2.75, 3.05) is 53.1 Å². The molecule has 0 spiro atoms. The standard InChI is InChI=1S/C16H21F3N4O3/c1-21(2)13(25)9-23(4)14(26)8-22(3)7-12(24)20-11-6-5-10(17)15(18)16(11)19/h5-6H,7-9H2,1-4H3,(H,20,24). The predicted octanol–water partition coefficient (Wildman–Crippen LogP) is 0.521. The Morgan fingerprint density at radius 2 is 1.50 bits per heavy atom. The molecule has 0 fully saturated rings. The van der Waals surface area contributed by atoms with Crippen molar-refractivity contribution in [1.29, 1.82) is 0 Å². The number of benzene rings is 1. The number of anilines is 1. The van der Waals surface area contributed by atoms with Crippen LogP contribution in [0.15, 0.2) is 12.1 Å². The molecule has 10 heteroatoms. The second kappa shape index (κ2) is 9.18. The maximum Gasteiger partial charge on any atom is 0.241 e. The first kappa shape index (κ1) is 21.4. The van der Waals surface area contributed by atoms with Crippen molar-refractivity contribution in [1.82, 2.24) is 14.7 Å². The summed E-state index contributed by atoms with van der Waals surface area (Å²) in [5.41, 5.74) is -0.498. The molecule has 1 aromatic rings. The van der Waals surface area contributed by atoms with Crippen LogP contribution in [-0.2, 0) is 14.4 Å². The zero-order valence-corrected chi connectivity index (χ0v) is 15.0. The van der Waals surface area contributed by atoms with Crippen molar-refractivity contribution in [3.8, 4) is 0 Å². The lowest BCUT2D eigenvalue weighted by Gasteiger charge is -2.22. The van der Waals surface area contributed by atoms with Crippen molar-refractivity contribution in [3.05, 3.63) is 29.6 Å². The molecule has 0 unspecified atom stereocenters. The van der Waals surface area contributed by atoms with Crippen LogP contribution in [0, 0.1) is 17.5 Å². The summed E-state index contributed by atoms with van der Waals surface area (Å²) >= 11 is 0. The molecule has 1 aromatic carbocycles. The number of halogens is 3. The minimum atomic E-state index is -1.68. The van der Waals surface area contributed by atoms with E-state index in [-0.39, 0.29) is 25.5 Å². The van der Waals surface area contributed by atoms with E-state index in [1.807, 2.05) is 0 Å². The molecule has 144 valence electrons. The largest absolute Gasteiger partial charge is 0.347 e. The Bertz CT molecular complexity index is 698. The first-order valence-corrected chi connectivity index (χ1v) is 7.59. The van der Waals surface area contributed by atoms with Gasteiger partial charge in [0, 0.05) is 21.1 Å². The highest BCUT2D eigenvalue weighted by atomic mass is 19.2. The maximum absolute atomic E-state index is 13.5. The fraction of sp³-hybridized carbons (Fsp3) is 0.438. The molecule has 0 saturated carbocycles. The minimum absolute atomic E-state index is 0.105. The number of hydrogen-bond donors (Lipinski definition) is 1. The Kier molecular flexibility index (Phi) is 7.56. The summed E-state index contributed by atoms with van der Waals surface area (Å²) in [6.07, 6.45) is 0. The molecule has 0 bridgehead atoms. The Balaban J connectivity index is 2.56. The second-order valence-corrected chi connectivity index (χ2v) is 5.98. The van der Waals surface area contributed by atoms with Crippen LogP contribution < -0.4 is 5.32 Å². The lowest BCUT2D eigenvalue weighted by Crippen LogP contribution is -2.43. The van der Waals surface area contributed by atoms with E-state index in [1.165, 1.54) is 28.8 Å². The lowest BCUT2D eigenvalue weighted by molar-refractivity contribution is -0.138. The van der Waals surface area contributed by atoms with E-state index < -0.39 is 35.0 Å². The van der Waals surface area contributed by atoms with Crippen LogP contribution in [0.4, 0.5) is 18.9 Å². The fourth-order valence-corrected chi connectivity index (χ4v) is 1.90. The van der Waals surface area contributed by atoms with Gasteiger partial charge in [-0.2, -0.15) is 0 Å². The van der Waals surface area contributed by atoms with Crippen LogP contribution in [0.1, 0.15) is 0 Å². The summed E-state index contributed by atoms with van der Waals surface area (Å²) in [4.78, 5) is 39.4. The number of nitrogens with zero attached hydrogens (tertiary/aromatic N) is 3. The van der Waals surface area contributed by atoms with Gasteiger partial charge in [-0.1, -0.05) is 0 Å². The highest BCUT2D eigenvalue weighted by Crippen LogP contribution is 2.19. The highest BCUT2D eigenvalue weighted by Gasteiger charge is 2.19. The topological polar surface area (TPSA) is 73.0 Å². The monoisotopic (exact) mass is 374 g/mol. The van der Waals surface area contributed by atoms with E-state index in [0.29, 0.717) is 6.07 Å². The summed E-state index contributed by atoms with van der Waals surface area (Å²) in [5.74, 6) is -5.90. The zero-order chi connectivity index (χ0) is 20.0. The molecular weight excluding hydrogens is 353 g/mol. The third-order valence-electron chi connectivity index (χ3n) is 3.42. The summed E-state index contributed by atoms with van der Waals surface area (Å²) in [6.45, 7) is -0.559. The van der Waals surface area contributed by atoms with Crippen molar-refractivity contribution in [2.24, 2.45) is 0 Å². The summed E-state index contributed by atoms with van der Waals surface area (Å²) in [6, 6.07) is 1.59. The van der Waals surface area contributed by atoms with Gasteiger partial charge in [0.1, 0.15) is 0 Å². The van der Waals surface area contributed by atoms with Crippen molar-refractivity contribution >= 4 is 23.4 Å². The molecule has 0 heterocycles. The van der Waals surface area contributed by atoms with Gasteiger partial charge in [-0.25, -0.2) is 13.2 Å². The Labute approximate surface area is 149 Å². The molecule has 0 aromatic heterocycles. The van der Waals surface area contributed by atoms with Crippen molar-refractivity contribution in [3.63, 3.8) is 0 Å². The molecule has 7 nitrogen and oxygen atoms in total. The fourth-order valence-electron chi connectivity index (χ4n) is 1.90. The third kappa shape index (κ3) is 6.03. The van der Waals surface area contributed by atoms with Crippen LogP contribution in [0.5, 0.6) is 0 Å². The lowest BCUT2D eigenvalue weighted by atomic mass is 10.2. The maximum atomic E-state index is 13.5. The highest BCUT2D eigenvalue weighted by molar-refractivity contribution is 5.93. The predicted molar refractivity (Wildman–Crippen MR) is 88.8 cm³/mol.